The van der Waals surface area contributed by atoms with Gasteiger partial charge in [-0.05, 0) is 64.7 Å². The first-order valence-electron chi connectivity index (χ1n) is 12.4. The van der Waals surface area contributed by atoms with Crippen molar-refractivity contribution in [2.24, 2.45) is 0 Å². The van der Waals surface area contributed by atoms with E-state index in [1.54, 1.807) is 13.2 Å². The third-order valence-corrected chi connectivity index (χ3v) is 6.95. The van der Waals surface area contributed by atoms with Crippen LogP contribution in [0.25, 0.3) is 22.0 Å². The van der Waals surface area contributed by atoms with Crippen molar-refractivity contribution in [1.29, 1.82) is 0 Å². The number of nitrogens with one attached hydrogen (secondary N) is 2. The van der Waals surface area contributed by atoms with Gasteiger partial charge in [-0.1, -0.05) is 78.9 Å². The molecule has 1 aromatic heterocycles. The van der Waals surface area contributed by atoms with Gasteiger partial charge in [-0.3, -0.25) is 5.10 Å². The van der Waals surface area contributed by atoms with Crippen molar-refractivity contribution in [3.8, 4) is 16.9 Å². The largest absolute Gasteiger partial charge is 0.496 e. The van der Waals surface area contributed by atoms with Crippen molar-refractivity contribution in [3.63, 3.8) is 0 Å². The van der Waals surface area contributed by atoms with Crippen LogP contribution in [0.15, 0.2) is 128 Å². The average Bonchev–Trinajstić information content (AvgIpc) is 3.45. The number of benzene rings is 5. The lowest BCUT2D eigenvalue weighted by Gasteiger charge is -2.38. The van der Waals surface area contributed by atoms with Crippen molar-refractivity contribution < 1.29 is 9.13 Å². The predicted octanol–water partition coefficient (Wildman–Crippen LogP) is 7.78. The smallest absolute Gasteiger partial charge is 0.126 e. The quantitative estimate of drug-likeness (QED) is 0.221. The normalized spacial score (nSPS) is 11.4. The summed E-state index contributed by atoms with van der Waals surface area (Å²) in [5.74, 6) is 0.382. The highest BCUT2D eigenvalue weighted by Gasteiger charge is 2.37. The van der Waals surface area contributed by atoms with Gasteiger partial charge in [0.05, 0.1) is 18.8 Å². The van der Waals surface area contributed by atoms with Crippen LogP contribution in [0.1, 0.15) is 16.7 Å². The van der Waals surface area contributed by atoms with Crippen molar-refractivity contribution >= 4 is 16.6 Å². The molecule has 1 heterocycles. The Bertz CT molecular complexity index is 1660. The Labute approximate surface area is 220 Å². The summed E-state index contributed by atoms with van der Waals surface area (Å²) in [6, 6.07) is 39.6. The number of fused-ring (bicyclic) bond motifs is 1. The van der Waals surface area contributed by atoms with Crippen LogP contribution in [-0.2, 0) is 5.54 Å². The monoisotopic (exact) mass is 499 g/mol. The summed E-state index contributed by atoms with van der Waals surface area (Å²) < 4.78 is 20.0. The zero-order chi connectivity index (χ0) is 26.0. The van der Waals surface area contributed by atoms with Gasteiger partial charge in [0.25, 0.3) is 0 Å². The van der Waals surface area contributed by atoms with Gasteiger partial charge in [-0.15, -0.1) is 0 Å². The van der Waals surface area contributed by atoms with Crippen molar-refractivity contribution in [3.05, 3.63) is 150 Å². The second-order valence-corrected chi connectivity index (χ2v) is 9.20. The Kier molecular flexibility index (Phi) is 6.10. The number of anilines is 1. The molecule has 0 aliphatic rings. The molecule has 2 N–H and O–H groups in total. The fourth-order valence-corrected chi connectivity index (χ4v) is 5.15. The summed E-state index contributed by atoms with van der Waals surface area (Å²) in [6.07, 6.45) is 1.82. The molecule has 0 bridgehead atoms. The molecule has 0 aliphatic carbocycles. The molecule has 0 saturated carbocycles. The second-order valence-electron chi connectivity index (χ2n) is 9.20. The maximum atomic E-state index is 14.3. The molecule has 5 aromatic carbocycles. The van der Waals surface area contributed by atoms with Gasteiger partial charge in [0.2, 0.25) is 0 Å². The standard InChI is InChI=1S/C33H26FN3O/c1-38-32-18-15-27(21-30(32)23-9-8-14-28(34)19-23)33(25-10-4-2-5-11-25,26-12-6-3-7-13-26)36-29-16-17-31-24(20-29)22-35-37-31/h2-22,36H,1H3,(H,35,37). The first-order chi connectivity index (χ1) is 18.7. The molecule has 5 heteroatoms. The summed E-state index contributed by atoms with van der Waals surface area (Å²) in [5.41, 5.74) is 5.82. The van der Waals surface area contributed by atoms with E-state index in [-0.39, 0.29) is 5.82 Å². The summed E-state index contributed by atoms with van der Waals surface area (Å²) in [4.78, 5) is 0. The number of methoxy groups -OCH3 is 1. The van der Waals surface area contributed by atoms with Gasteiger partial charge in [0.15, 0.2) is 0 Å². The van der Waals surface area contributed by atoms with E-state index in [1.807, 2.05) is 60.8 Å². The van der Waals surface area contributed by atoms with E-state index >= 15 is 0 Å². The number of aromatic nitrogens is 2. The zero-order valence-electron chi connectivity index (χ0n) is 20.9. The van der Waals surface area contributed by atoms with Crippen LogP contribution in [0.5, 0.6) is 5.75 Å². The van der Waals surface area contributed by atoms with Crippen LogP contribution < -0.4 is 10.1 Å². The minimum atomic E-state index is -0.770. The first-order valence-corrected chi connectivity index (χ1v) is 12.4. The summed E-state index contributed by atoms with van der Waals surface area (Å²) in [5, 5.41) is 12.1. The third kappa shape index (κ3) is 4.18. The van der Waals surface area contributed by atoms with Crippen LogP contribution in [0, 0.1) is 5.82 Å². The Morgan fingerprint density at radius 2 is 1.47 bits per heavy atom. The summed E-state index contributed by atoms with van der Waals surface area (Å²) in [6.45, 7) is 0. The maximum Gasteiger partial charge on any atom is 0.126 e. The Morgan fingerprint density at radius 1 is 0.737 bits per heavy atom. The molecule has 0 unspecified atom stereocenters. The number of halogens is 1. The number of nitrogens with zero attached hydrogens (tertiary/aromatic N) is 1. The number of hydrogen-bond acceptors (Lipinski definition) is 3. The number of aromatic amines is 1. The molecule has 0 fully saturated rings. The average molecular weight is 500 g/mol. The molecule has 186 valence electrons. The van der Waals surface area contributed by atoms with E-state index in [1.165, 1.54) is 12.1 Å². The maximum absolute atomic E-state index is 14.3. The minimum Gasteiger partial charge on any atom is -0.496 e. The van der Waals surface area contributed by atoms with Crippen LogP contribution >= 0.6 is 0 Å². The zero-order valence-corrected chi connectivity index (χ0v) is 20.9. The van der Waals surface area contributed by atoms with Crippen LogP contribution in [-0.4, -0.2) is 17.3 Å². The summed E-state index contributed by atoms with van der Waals surface area (Å²) >= 11 is 0. The van der Waals surface area contributed by atoms with Gasteiger partial charge in [0.1, 0.15) is 17.1 Å². The van der Waals surface area contributed by atoms with Crippen molar-refractivity contribution in [1.82, 2.24) is 10.2 Å². The first kappa shape index (κ1) is 23.5. The SMILES string of the molecule is COc1ccc(C(Nc2ccc3[nH]ncc3c2)(c2ccccc2)c2ccccc2)cc1-c1cccc(F)c1. The lowest BCUT2D eigenvalue weighted by molar-refractivity contribution is 0.416. The van der Waals surface area contributed by atoms with Gasteiger partial charge >= 0.3 is 0 Å². The highest BCUT2D eigenvalue weighted by molar-refractivity contribution is 5.82. The molecular formula is C33H26FN3O. The topological polar surface area (TPSA) is 49.9 Å². The number of ether oxygens (including phenoxy) is 1. The van der Waals surface area contributed by atoms with E-state index in [0.717, 1.165) is 44.4 Å². The van der Waals surface area contributed by atoms with Gasteiger partial charge in [-0.2, -0.15) is 5.10 Å². The van der Waals surface area contributed by atoms with Crippen molar-refractivity contribution in [2.75, 3.05) is 12.4 Å². The highest BCUT2D eigenvalue weighted by Crippen LogP contribution is 2.43. The van der Waals surface area contributed by atoms with Crippen molar-refractivity contribution in [2.45, 2.75) is 5.54 Å². The Hall–Kier alpha value is -4.90. The van der Waals surface area contributed by atoms with Crippen LogP contribution in [0.3, 0.4) is 0 Å². The summed E-state index contributed by atoms with van der Waals surface area (Å²) in [7, 11) is 1.64. The van der Waals surface area contributed by atoms with Gasteiger partial charge in [0, 0.05) is 16.6 Å². The molecule has 0 spiro atoms. The molecule has 0 amide bonds. The fraction of sp³-hybridized carbons (Fsp3) is 0.0606. The fourth-order valence-electron chi connectivity index (χ4n) is 5.15. The van der Waals surface area contributed by atoms with E-state index in [2.05, 4.69) is 64.0 Å². The van der Waals surface area contributed by atoms with Crippen LogP contribution in [0.2, 0.25) is 0 Å². The molecule has 4 nitrogen and oxygen atoms in total. The lowest BCUT2D eigenvalue weighted by Crippen LogP contribution is -2.38. The van der Waals surface area contributed by atoms with Gasteiger partial charge < -0.3 is 10.1 Å². The molecule has 0 radical (unpaired) electrons. The lowest BCUT2D eigenvalue weighted by atomic mass is 9.76. The molecule has 6 aromatic rings. The molecule has 6 rings (SSSR count). The van der Waals surface area contributed by atoms with Crippen LogP contribution in [0.4, 0.5) is 10.1 Å². The highest BCUT2D eigenvalue weighted by atomic mass is 19.1. The Morgan fingerprint density at radius 3 is 2.16 bits per heavy atom. The van der Waals surface area contributed by atoms with Gasteiger partial charge in [-0.25, -0.2) is 4.39 Å². The van der Waals surface area contributed by atoms with E-state index in [0.29, 0.717) is 5.75 Å². The Balaban J connectivity index is 1.64. The van der Waals surface area contributed by atoms with E-state index in [4.69, 9.17) is 4.74 Å². The molecule has 0 aliphatic heterocycles. The molecule has 38 heavy (non-hydrogen) atoms. The third-order valence-electron chi connectivity index (χ3n) is 6.95. The van der Waals surface area contributed by atoms with E-state index in [9.17, 15) is 4.39 Å². The van der Waals surface area contributed by atoms with E-state index < -0.39 is 5.54 Å². The predicted molar refractivity (Wildman–Crippen MR) is 151 cm³/mol. The number of hydrogen-bond donors (Lipinski definition) is 2. The minimum absolute atomic E-state index is 0.293. The molecule has 0 atom stereocenters. The second kappa shape index (κ2) is 9.87. The number of H-pyrrole nitrogens is 1. The molecular weight excluding hydrogens is 473 g/mol. The number of rotatable bonds is 7. The molecule has 0 saturated heterocycles.